The number of benzene rings is 1. The van der Waals surface area contributed by atoms with E-state index in [9.17, 15) is 14.4 Å². The van der Waals surface area contributed by atoms with E-state index < -0.39 is 0 Å². The van der Waals surface area contributed by atoms with Gasteiger partial charge in [-0.1, -0.05) is 36.2 Å². The van der Waals surface area contributed by atoms with E-state index in [4.69, 9.17) is 27.9 Å². The molecule has 0 bridgehead atoms. The van der Waals surface area contributed by atoms with Crippen molar-refractivity contribution in [3.63, 3.8) is 0 Å². The predicted molar refractivity (Wildman–Crippen MR) is 147 cm³/mol. The van der Waals surface area contributed by atoms with Gasteiger partial charge in [0, 0.05) is 70.1 Å². The first-order valence-corrected chi connectivity index (χ1v) is 14.8. The maximum atomic E-state index is 13.7. The fourth-order valence-corrected chi connectivity index (χ4v) is 6.63. The molecule has 0 N–H and O–H groups in total. The van der Waals surface area contributed by atoms with E-state index in [2.05, 4.69) is 0 Å². The Labute approximate surface area is 235 Å². The summed E-state index contributed by atoms with van der Waals surface area (Å²) >= 11 is 12.6. The summed E-state index contributed by atoms with van der Waals surface area (Å²) in [5, 5.41) is 0.966. The lowest BCUT2D eigenvalue weighted by Gasteiger charge is -2.35. The zero-order chi connectivity index (χ0) is 27.0. The molecule has 1 aromatic carbocycles. The number of likely N-dealkylation sites (N-methyl/N-ethyl adjacent to an activating group) is 1. The second-order valence-corrected chi connectivity index (χ2v) is 12.8. The number of rotatable bonds is 6. The van der Waals surface area contributed by atoms with Crippen molar-refractivity contribution in [1.82, 2.24) is 14.7 Å². The zero-order valence-corrected chi connectivity index (χ0v) is 24.0. The van der Waals surface area contributed by atoms with E-state index in [1.165, 1.54) is 0 Å². The first-order chi connectivity index (χ1) is 18.2. The summed E-state index contributed by atoms with van der Waals surface area (Å²) in [6.07, 6.45) is 5.64. The van der Waals surface area contributed by atoms with E-state index >= 15 is 0 Å². The first-order valence-electron chi connectivity index (χ1n) is 14.0. The van der Waals surface area contributed by atoms with Crippen molar-refractivity contribution in [2.45, 2.75) is 63.8 Å². The molecule has 1 aromatic rings. The Kier molecular flexibility index (Phi) is 8.28. The van der Waals surface area contributed by atoms with Gasteiger partial charge < -0.3 is 19.4 Å². The van der Waals surface area contributed by atoms with Crippen LogP contribution in [0.5, 0.6) is 0 Å². The van der Waals surface area contributed by atoms with Crippen molar-refractivity contribution < 1.29 is 19.1 Å². The molecular formula is C29H39Cl2N3O4. The quantitative estimate of drug-likeness (QED) is 0.507. The molecule has 3 saturated heterocycles. The van der Waals surface area contributed by atoms with Crippen molar-refractivity contribution in [3.8, 4) is 0 Å². The Bertz CT molecular complexity index is 1060. The van der Waals surface area contributed by atoms with Gasteiger partial charge in [-0.2, -0.15) is 0 Å². The standard InChI is InChI=1S/C29H39Cl2N3O4/c1-29(9-10-29)28(37)33-11-5-20(6-12-33)27(36)34-17-22(21-3-4-23(30)24(31)16-21)25(18-34)32(2)26(35)15-19-7-13-38-14-8-19/h3-4,16,19-20,22,25H,5-15,17-18H2,1-2H3/t22-,25?/m1/s1. The Hall–Kier alpha value is -1.83. The van der Waals surface area contributed by atoms with Gasteiger partial charge in [0.05, 0.1) is 16.1 Å². The van der Waals surface area contributed by atoms with Crippen LogP contribution in [0.1, 0.15) is 63.4 Å². The molecule has 208 valence electrons. The number of hydrogen-bond donors (Lipinski definition) is 0. The van der Waals surface area contributed by atoms with Gasteiger partial charge in [0.1, 0.15) is 0 Å². The van der Waals surface area contributed by atoms with Gasteiger partial charge in [0.2, 0.25) is 17.7 Å². The Morgan fingerprint density at radius 1 is 1.00 bits per heavy atom. The van der Waals surface area contributed by atoms with Crippen LogP contribution in [0.15, 0.2) is 18.2 Å². The smallest absolute Gasteiger partial charge is 0.228 e. The topological polar surface area (TPSA) is 70.2 Å². The lowest BCUT2D eigenvalue weighted by Crippen LogP contribution is -2.46. The molecule has 7 nitrogen and oxygen atoms in total. The molecule has 9 heteroatoms. The van der Waals surface area contributed by atoms with Crippen molar-refractivity contribution in [2.24, 2.45) is 17.3 Å². The van der Waals surface area contributed by atoms with Crippen LogP contribution in [-0.2, 0) is 19.1 Å². The lowest BCUT2D eigenvalue weighted by molar-refractivity contribution is -0.142. The summed E-state index contributed by atoms with van der Waals surface area (Å²) in [5.74, 6) is 0.687. The fraction of sp³-hybridized carbons (Fsp3) is 0.690. The minimum Gasteiger partial charge on any atom is -0.381 e. The second-order valence-electron chi connectivity index (χ2n) is 12.0. The monoisotopic (exact) mass is 563 g/mol. The molecule has 0 aromatic heterocycles. The van der Waals surface area contributed by atoms with Crippen LogP contribution in [0.2, 0.25) is 10.0 Å². The number of piperidine rings is 1. The molecule has 3 amide bonds. The van der Waals surface area contributed by atoms with E-state index in [-0.39, 0.29) is 41.0 Å². The molecule has 0 spiro atoms. The lowest BCUT2D eigenvalue weighted by atomic mass is 9.92. The second kappa shape index (κ2) is 11.3. The molecule has 3 aliphatic heterocycles. The molecule has 3 heterocycles. The van der Waals surface area contributed by atoms with Gasteiger partial charge in [0.15, 0.2) is 0 Å². The summed E-state index contributed by atoms with van der Waals surface area (Å²) in [4.78, 5) is 45.5. The number of halogens is 2. The Morgan fingerprint density at radius 3 is 2.32 bits per heavy atom. The van der Waals surface area contributed by atoms with E-state index in [0.717, 1.165) is 31.2 Å². The van der Waals surface area contributed by atoms with Gasteiger partial charge in [-0.15, -0.1) is 0 Å². The highest BCUT2D eigenvalue weighted by molar-refractivity contribution is 6.42. The van der Waals surface area contributed by atoms with Gasteiger partial charge >= 0.3 is 0 Å². The van der Waals surface area contributed by atoms with E-state index in [1.54, 1.807) is 6.07 Å². The third kappa shape index (κ3) is 5.85. The minimum absolute atomic E-state index is 0.0474. The molecule has 1 unspecified atom stereocenters. The van der Waals surface area contributed by atoms with Crippen LogP contribution in [0, 0.1) is 17.3 Å². The molecule has 0 radical (unpaired) electrons. The number of carbonyl (C=O) groups excluding carboxylic acids is 3. The molecule has 4 aliphatic rings. The van der Waals surface area contributed by atoms with Crippen LogP contribution >= 0.6 is 23.2 Å². The highest BCUT2D eigenvalue weighted by Crippen LogP contribution is 2.47. The Morgan fingerprint density at radius 2 is 1.68 bits per heavy atom. The van der Waals surface area contributed by atoms with Crippen LogP contribution in [0.3, 0.4) is 0 Å². The molecule has 2 atom stereocenters. The summed E-state index contributed by atoms with van der Waals surface area (Å²) in [7, 11) is 1.87. The molecule has 1 aliphatic carbocycles. The zero-order valence-electron chi connectivity index (χ0n) is 22.5. The summed E-state index contributed by atoms with van der Waals surface area (Å²) in [6.45, 7) is 5.78. The van der Waals surface area contributed by atoms with Crippen molar-refractivity contribution in [3.05, 3.63) is 33.8 Å². The van der Waals surface area contributed by atoms with Gasteiger partial charge in [-0.05, 0) is 62.1 Å². The van der Waals surface area contributed by atoms with Gasteiger partial charge in [0.25, 0.3) is 0 Å². The van der Waals surface area contributed by atoms with Crippen molar-refractivity contribution >= 4 is 40.9 Å². The highest BCUT2D eigenvalue weighted by Gasteiger charge is 2.48. The number of carbonyl (C=O) groups is 3. The fourth-order valence-electron chi connectivity index (χ4n) is 6.33. The number of nitrogens with zero attached hydrogens (tertiary/aromatic N) is 3. The van der Waals surface area contributed by atoms with E-state index in [1.807, 2.05) is 40.8 Å². The maximum Gasteiger partial charge on any atom is 0.228 e. The third-order valence-electron chi connectivity index (χ3n) is 9.32. The summed E-state index contributed by atoms with van der Waals surface area (Å²) in [5.41, 5.74) is 0.817. The summed E-state index contributed by atoms with van der Waals surface area (Å²) < 4.78 is 5.46. The molecule has 38 heavy (non-hydrogen) atoms. The van der Waals surface area contributed by atoms with Crippen molar-refractivity contribution in [1.29, 1.82) is 0 Å². The largest absolute Gasteiger partial charge is 0.381 e. The normalized spacial score (nSPS) is 25.9. The van der Waals surface area contributed by atoms with Crippen LogP contribution in [0.4, 0.5) is 0 Å². The molecule has 1 saturated carbocycles. The number of likely N-dealkylation sites (tertiary alicyclic amines) is 2. The number of ether oxygens (including phenoxy) is 1. The highest BCUT2D eigenvalue weighted by atomic mass is 35.5. The van der Waals surface area contributed by atoms with Crippen LogP contribution in [-0.4, -0.2) is 84.9 Å². The number of amides is 3. The average Bonchev–Trinajstić information content (AvgIpc) is 3.53. The first kappa shape index (κ1) is 27.7. The summed E-state index contributed by atoms with van der Waals surface area (Å²) in [6, 6.07) is 5.48. The third-order valence-corrected chi connectivity index (χ3v) is 10.1. The molecule has 5 rings (SSSR count). The Balaban J connectivity index is 1.27. The molecular weight excluding hydrogens is 525 g/mol. The molecule has 4 fully saturated rings. The van der Waals surface area contributed by atoms with E-state index in [0.29, 0.717) is 74.6 Å². The average molecular weight is 565 g/mol. The van der Waals surface area contributed by atoms with Crippen LogP contribution < -0.4 is 0 Å². The minimum atomic E-state index is -0.173. The maximum absolute atomic E-state index is 13.7. The van der Waals surface area contributed by atoms with Crippen molar-refractivity contribution in [2.75, 3.05) is 46.4 Å². The number of hydrogen-bond acceptors (Lipinski definition) is 4. The SMILES string of the molecule is CN(C(=O)CC1CCOCC1)C1CN(C(=O)C2CCN(C(=O)C3(C)CC3)CC2)C[C@@H]1c1ccc(Cl)c(Cl)c1. The van der Waals surface area contributed by atoms with Crippen LogP contribution in [0.25, 0.3) is 0 Å². The van der Waals surface area contributed by atoms with Gasteiger partial charge in [-0.3, -0.25) is 14.4 Å². The predicted octanol–water partition coefficient (Wildman–Crippen LogP) is 4.60. The van der Waals surface area contributed by atoms with Gasteiger partial charge in [-0.25, -0.2) is 0 Å².